The summed E-state index contributed by atoms with van der Waals surface area (Å²) in [6.45, 7) is 0.382. The van der Waals surface area contributed by atoms with E-state index in [1.54, 1.807) is 0 Å². The van der Waals surface area contributed by atoms with Crippen LogP contribution in [-0.4, -0.2) is 62.6 Å². The van der Waals surface area contributed by atoms with Gasteiger partial charge in [-0.1, -0.05) is 43.2 Å². The zero-order valence-corrected chi connectivity index (χ0v) is 15.9. The molecule has 2 fully saturated rings. The normalized spacial score (nSPS) is 25.0. The molecule has 0 bridgehead atoms. The fourth-order valence-electron chi connectivity index (χ4n) is 3.60. The number of nitrogens with one attached hydrogen (secondary N) is 1. The van der Waals surface area contributed by atoms with E-state index in [4.69, 9.17) is 25.2 Å². The van der Waals surface area contributed by atoms with Crippen LogP contribution in [0.25, 0.3) is 0 Å². The van der Waals surface area contributed by atoms with Gasteiger partial charge in [0, 0.05) is 6.04 Å². The van der Waals surface area contributed by atoms with Crippen LogP contribution >= 0.6 is 0 Å². The average Bonchev–Trinajstić information content (AvgIpc) is 3.16. The number of carboxylic acids is 2. The lowest BCUT2D eigenvalue weighted by Crippen LogP contribution is -2.39. The molecule has 1 aliphatic heterocycles. The molecule has 1 aromatic rings. The number of carboxylic acid groups (broad SMARTS) is 2. The van der Waals surface area contributed by atoms with Crippen molar-refractivity contribution in [3.05, 3.63) is 35.9 Å². The predicted molar refractivity (Wildman–Crippen MR) is 101 cm³/mol. The van der Waals surface area contributed by atoms with Crippen LogP contribution in [0.2, 0.25) is 0 Å². The van der Waals surface area contributed by atoms with E-state index in [-0.39, 0.29) is 12.0 Å². The molecular weight excluding hydrogens is 382 g/mol. The summed E-state index contributed by atoms with van der Waals surface area (Å²) in [6.07, 6.45) is 1.51. The summed E-state index contributed by atoms with van der Waals surface area (Å²) < 4.78 is 5.42. The number of carbonyl (C=O) groups excluding carboxylic acids is 1. The predicted octanol–water partition coefficient (Wildman–Crippen LogP) is 0.528. The summed E-state index contributed by atoms with van der Waals surface area (Å²) in [7, 11) is 0. The molecular formula is C20H27NO8. The van der Waals surface area contributed by atoms with Crippen LogP contribution < -0.4 is 5.32 Å². The highest BCUT2D eigenvalue weighted by Crippen LogP contribution is 2.33. The van der Waals surface area contributed by atoms with Gasteiger partial charge in [-0.25, -0.2) is 9.59 Å². The Balaban J connectivity index is 0.000000257. The number of benzene rings is 1. The number of rotatable bonds is 6. The minimum atomic E-state index is -2.27. The summed E-state index contributed by atoms with van der Waals surface area (Å²) in [5, 5.41) is 36.0. The molecule has 5 N–H and O–H groups in total. The molecule has 0 aromatic heterocycles. The Morgan fingerprint density at radius 3 is 2.14 bits per heavy atom. The number of carbonyl (C=O) groups is 3. The highest BCUT2D eigenvalue weighted by molar-refractivity contribution is 5.83. The lowest BCUT2D eigenvalue weighted by Gasteiger charge is -2.24. The molecule has 9 nitrogen and oxygen atoms in total. The van der Waals surface area contributed by atoms with Gasteiger partial charge in [0.1, 0.15) is 12.6 Å². The van der Waals surface area contributed by atoms with E-state index in [1.165, 1.54) is 25.7 Å². The van der Waals surface area contributed by atoms with Crippen molar-refractivity contribution in [1.29, 1.82) is 0 Å². The molecule has 1 saturated carbocycles. The van der Waals surface area contributed by atoms with Crippen molar-refractivity contribution in [2.24, 2.45) is 5.92 Å². The van der Waals surface area contributed by atoms with Crippen molar-refractivity contribution in [3.63, 3.8) is 0 Å². The third kappa shape index (κ3) is 6.81. The Labute approximate surface area is 168 Å². The molecule has 29 heavy (non-hydrogen) atoms. The second-order valence-corrected chi connectivity index (χ2v) is 7.27. The highest BCUT2D eigenvalue weighted by Gasteiger charge is 2.38. The first-order chi connectivity index (χ1) is 13.8. The minimum Gasteiger partial charge on any atom is -0.479 e. The van der Waals surface area contributed by atoms with Crippen LogP contribution in [0.5, 0.6) is 0 Å². The number of ether oxygens (including phenoxy) is 1. The van der Waals surface area contributed by atoms with Gasteiger partial charge in [0.2, 0.25) is 0 Å². The van der Waals surface area contributed by atoms with Crippen molar-refractivity contribution >= 4 is 17.9 Å². The smallest absolute Gasteiger partial charge is 0.335 e. The van der Waals surface area contributed by atoms with Crippen LogP contribution in [0.1, 0.15) is 37.7 Å². The molecule has 0 amide bonds. The van der Waals surface area contributed by atoms with Gasteiger partial charge in [-0.2, -0.15) is 0 Å². The molecule has 1 saturated heterocycles. The number of fused-ring (bicyclic) bond motifs is 1. The molecule has 2 aliphatic rings. The van der Waals surface area contributed by atoms with E-state index in [0.717, 1.165) is 12.0 Å². The Bertz CT molecular complexity index is 663. The lowest BCUT2D eigenvalue weighted by molar-refractivity contribution is -0.165. The molecule has 9 heteroatoms. The average molecular weight is 409 g/mol. The Morgan fingerprint density at radius 2 is 1.59 bits per heavy atom. The lowest BCUT2D eigenvalue weighted by atomic mass is 9.85. The number of aliphatic hydroxyl groups excluding tert-OH is 2. The van der Waals surface area contributed by atoms with Gasteiger partial charge in [0.15, 0.2) is 12.2 Å². The number of aliphatic hydroxyl groups is 2. The largest absolute Gasteiger partial charge is 0.479 e. The van der Waals surface area contributed by atoms with Crippen LogP contribution in [0.3, 0.4) is 0 Å². The molecule has 2 unspecified atom stereocenters. The standard InChI is InChI=1S/C16H21NO2.C4H6O6/c18-16(19-11-12-6-2-1-3-7-12)15-10-13-8-4-5-9-14(13)17-15;5-1(3(7)8)2(6)4(9)10/h1-3,6-7,13-15,17H,4-5,8-11H2;1-2,5-6H,(H,7,8)(H,9,10)/t13-,14+,15+;/m1./s1. The number of esters is 1. The van der Waals surface area contributed by atoms with Gasteiger partial charge in [-0.15, -0.1) is 0 Å². The van der Waals surface area contributed by atoms with Gasteiger partial charge in [0.25, 0.3) is 0 Å². The van der Waals surface area contributed by atoms with Crippen molar-refractivity contribution in [2.45, 2.75) is 63.0 Å². The summed E-state index contributed by atoms with van der Waals surface area (Å²) in [5.41, 5.74) is 1.05. The maximum absolute atomic E-state index is 12.1. The molecule has 0 radical (unpaired) electrons. The fraction of sp³-hybridized carbons (Fsp3) is 0.550. The van der Waals surface area contributed by atoms with E-state index >= 15 is 0 Å². The second kappa shape index (κ2) is 10.9. The van der Waals surface area contributed by atoms with E-state index < -0.39 is 24.1 Å². The first-order valence-electron chi connectivity index (χ1n) is 9.58. The monoisotopic (exact) mass is 409 g/mol. The summed E-state index contributed by atoms with van der Waals surface area (Å²) in [5.74, 6) is -2.94. The summed E-state index contributed by atoms with van der Waals surface area (Å²) >= 11 is 0. The zero-order chi connectivity index (χ0) is 21.4. The zero-order valence-electron chi connectivity index (χ0n) is 15.9. The van der Waals surface area contributed by atoms with Gasteiger partial charge < -0.3 is 30.5 Å². The van der Waals surface area contributed by atoms with Crippen LogP contribution in [0.4, 0.5) is 0 Å². The molecule has 1 heterocycles. The van der Waals surface area contributed by atoms with E-state index in [2.05, 4.69) is 5.32 Å². The van der Waals surface area contributed by atoms with Crippen LogP contribution in [0, 0.1) is 5.92 Å². The Hall–Kier alpha value is -2.49. The van der Waals surface area contributed by atoms with E-state index in [1.807, 2.05) is 30.3 Å². The highest BCUT2D eigenvalue weighted by atomic mass is 16.5. The summed E-state index contributed by atoms with van der Waals surface area (Å²) in [6, 6.07) is 10.3. The van der Waals surface area contributed by atoms with Crippen molar-refractivity contribution < 1.29 is 39.5 Å². The third-order valence-electron chi connectivity index (χ3n) is 5.18. The SMILES string of the molecule is O=C(O)C(O)C(O)C(=O)O.O=C(OCc1ccccc1)[C@@H]1C[C@H]2CCCC[C@@H]2N1. The van der Waals surface area contributed by atoms with Crippen molar-refractivity contribution in [3.8, 4) is 0 Å². The van der Waals surface area contributed by atoms with Gasteiger partial charge in [0.05, 0.1) is 0 Å². The molecule has 0 spiro atoms. The fourth-order valence-corrected chi connectivity index (χ4v) is 3.60. The van der Waals surface area contributed by atoms with Gasteiger partial charge in [-0.3, -0.25) is 4.79 Å². The van der Waals surface area contributed by atoms with E-state index in [0.29, 0.717) is 18.6 Å². The topological polar surface area (TPSA) is 153 Å². The number of aliphatic carboxylic acids is 2. The third-order valence-corrected chi connectivity index (χ3v) is 5.18. The first kappa shape index (κ1) is 22.8. The summed E-state index contributed by atoms with van der Waals surface area (Å²) in [4.78, 5) is 31.6. The van der Waals surface area contributed by atoms with Gasteiger partial charge in [-0.05, 0) is 30.7 Å². The van der Waals surface area contributed by atoms with E-state index in [9.17, 15) is 14.4 Å². The molecule has 160 valence electrons. The maximum Gasteiger partial charge on any atom is 0.335 e. The number of hydrogen-bond donors (Lipinski definition) is 5. The maximum atomic E-state index is 12.1. The van der Waals surface area contributed by atoms with Crippen LogP contribution in [0.15, 0.2) is 30.3 Å². The van der Waals surface area contributed by atoms with Crippen LogP contribution in [-0.2, 0) is 25.7 Å². The first-order valence-corrected chi connectivity index (χ1v) is 9.58. The molecule has 3 rings (SSSR count). The van der Waals surface area contributed by atoms with Gasteiger partial charge >= 0.3 is 17.9 Å². The Kier molecular flexibility index (Phi) is 8.56. The number of hydrogen-bond acceptors (Lipinski definition) is 7. The quantitative estimate of drug-likeness (QED) is 0.423. The molecule has 5 atom stereocenters. The second-order valence-electron chi connectivity index (χ2n) is 7.27. The molecule has 1 aromatic carbocycles. The van der Waals surface area contributed by atoms with Crippen molar-refractivity contribution in [2.75, 3.05) is 0 Å². The van der Waals surface area contributed by atoms with Crippen molar-refractivity contribution in [1.82, 2.24) is 5.32 Å². The minimum absolute atomic E-state index is 0.0850. The Morgan fingerprint density at radius 1 is 1.00 bits per heavy atom. The molecule has 1 aliphatic carbocycles.